The maximum Gasteiger partial charge on any atom is 0.226 e. The first kappa shape index (κ1) is 11.5. The lowest BCUT2D eigenvalue weighted by molar-refractivity contribution is -0.118. The smallest absolute Gasteiger partial charge is 0.226 e. The summed E-state index contributed by atoms with van der Waals surface area (Å²) >= 11 is 0. The van der Waals surface area contributed by atoms with Gasteiger partial charge in [0.2, 0.25) is 5.91 Å². The molecule has 1 aliphatic heterocycles. The number of nitrogens with one attached hydrogen (secondary N) is 1. The predicted molar refractivity (Wildman–Crippen MR) is 69.7 cm³/mol. The Kier molecular flexibility index (Phi) is 2.74. The first-order valence-electron chi connectivity index (χ1n) is 6.49. The molecule has 0 unspecified atom stereocenters. The molecular formula is C14H18N2O2. The van der Waals surface area contributed by atoms with E-state index in [9.17, 15) is 4.79 Å². The lowest BCUT2D eigenvalue weighted by Gasteiger charge is -2.37. The Hall–Kier alpha value is -1.55. The molecule has 96 valence electrons. The highest BCUT2D eigenvalue weighted by Crippen LogP contribution is 2.33. The summed E-state index contributed by atoms with van der Waals surface area (Å²) in [5, 5.41) is 2.92. The Labute approximate surface area is 107 Å². The molecular weight excluding hydrogens is 228 g/mol. The largest absolute Gasteiger partial charge is 0.493 e. The van der Waals surface area contributed by atoms with Gasteiger partial charge < -0.3 is 15.8 Å². The lowest BCUT2D eigenvalue weighted by atomic mass is 9.75. The van der Waals surface area contributed by atoms with Gasteiger partial charge in [-0.25, -0.2) is 0 Å². The van der Waals surface area contributed by atoms with E-state index in [1.54, 1.807) is 0 Å². The molecule has 1 aromatic rings. The predicted octanol–water partition coefficient (Wildman–Crippen LogP) is 1.83. The zero-order chi connectivity index (χ0) is 12.6. The van der Waals surface area contributed by atoms with Gasteiger partial charge in [-0.1, -0.05) is 0 Å². The lowest BCUT2D eigenvalue weighted by Crippen LogP contribution is -2.48. The number of benzene rings is 1. The zero-order valence-corrected chi connectivity index (χ0v) is 10.4. The van der Waals surface area contributed by atoms with E-state index < -0.39 is 0 Å². The summed E-state index contributed by atoms with van der Waals surface area (Å²) in [5.74, 6) is 0.943. The van der Waals surface area contributed by atoms with Gasteiger partial charge in [0.05, 0.1) is 6.61 Å². The highest BCUT2D eigenvalue weighted by Gasteiger charge is 2.34. The fraction of sp³-hybridized carbons (Fsp3) is 0.500. The number of carbonyl (C=O) groups excluding carboxylic acids is 1. The first-order chi connectivity index (χ1) is 8.65. The van der Waals surface area contributed by atoms with Gasteiger partial charge >= 0.3 is 0 Å². The van der Waals surface area contributed by atoms with E-state index in [-0.39, 0.29) is 11.4 Å². The molecule has 3 rings (SSSR count). The minimum absolute atomic E-state index is 0.0102. The van der Waals surface area contributed by atoms with Crippen LogP contribution in [0.3, 0.4) is 0 Å². The SMILES string of the molecule is NC1(CC(=O)Nc2ccc3c(c2)CCO3)CCC1. The molecule has 0 radical (unpaired) electrons. The van der Waals surface area contributed by atoms with Crippen molar-refractivity contribution in [2.45, 2.75) is 37.6 Å². The molecule has 1 fully saturated rings. The fourth-order valence-electron chi connectivity index (χ4n) is 2.60. The number of rotatable bonds is 3. The summed E-state index contributed by atoms with van der Waals surface area (Å²) < 4.78 is 5.43. The van der Waals surface area contributed by atoms with Crippen LogP contribution in [0.25, 0.3) is 0 Å². The molecule has 1 aliphatic carbocycles. The zero-order valence-electron chi connectivity index (χ0n) is 10.4. The Bertz CT molecular complexity index is 481. The number of nitrogens with two attached hydrogens (primary N) is 1. The molecule has 0 aromatic heterocycles. The molecule has 2 aliphatic rings. The molecule has 1 saturated carbocycles. The van der Waals surface area contributed by atoms with Gasteiger partial charge in [-0.15, -0.1) is 0 Å². The number of fused-ring (bicyclic) bond motifs is 1. The molecule has 0 atom stereocenters. The van der Waals surface area contributed by atoms with Gasteiger partial charge in [-0.3, -0.25) is 4.79 Å². The monoisotopic (exact) mass is 246 g/mol. The maximum absolute atomic E-state index is 11.9. The number of hydrogen-bond acceptors (Lipinski definition) is 3. The molecule has 4 heteroatoms. The highest BCUT2D eigenvalue weighted by molar-refractivity contribution is 5.91. The van der Waals surface area contributed by atoms with Gasteiger partial charge in [0.1, 0.15) is 5.75 Å². The van der Waals surface area contributed by atoms with Crippen LogP contribution in [0.5, 0.6) is 5.75 Å². The van der Waals surface area contributed by atoms with E-state index in [1.807, 2.05) is 18.2 Å². The van der Waals surface area contributed by atoms with E-state index in [0.717, 1.165) is 43.7 Å². The summed E-state index contributed by atoms with van der Waals surface area (Å²) in [5.41, 5.74) is 7.81. The van der Waals surface area contributed by atoms with E-state index in [2.05, 4.69) is 5.32 Å². The molecule has 4 nitrogen and oxygen atoms in total. The summed E-state index contributed by atoms with van der Waals surface area (Å²) in [6.07, 6.45) is 4.39. The van der Waals surface area contributed by atoms with Crippen molar-refractivity contribution >= 4 is 11.6 Å². The quantitative estimate of drug-likeness (QED) is 0.855. The van der Waals surface area contributed by atoms with Gasteiger partial charge in [0.15, 0.2) is 0 Å². The number of anilines is 1. The Morgan fingerprint density at radius 3 is 3.00 bits per heavy atom. The Morgan fingerprint density at radius 1 is 1.44 bits per heavy atom. The Morgan fingerprint density at radius 2 is 2.28 bits per heavy atom. The van der Waals surface area contributed by atoms with Crippen LogP contribution in [0, 0.1) is 0 Å². The molecule has 0 bridgehead atoms. The average Bonchev–Trinajstić information content (AvgIpc) is 2.74. The number of carbonyl (C=O) groups is 1. The normalized spacial score (nSPS) is 19.6. The van der Waals surface area contributed by atoms with Gasteiger partial charge in [0.25, 0.3) is 0 Å². The number of hydrogen-bond donors (Lipinski definition) is 2. The highest BCUT2D eigenvalue weighted by atomic mass is 16.5. The van der Waals surface area contributed by atoms with Crippen LogP contribution in [-0.2, 0) is 11.2 Å². The van der Waals surface area contributed by atoms with Crippen LogP contribution >= 0.6 is 0 Å². The van der Waals surface area contributed by atoms with Crippen LogP contribution in [-0.4, -0.2) is 18.1 Å². The summed E-state index contributed by atoms with van der Waals surface area (Å²) in [4.78, 5) is 11.9. The van der Waals surface area contributed by atoms with E-state index in [0.29, 0.717) is 6.42 Å². The van der Waals surface area contributed by atoms with Crippen molar-refractivity contribution in [3.05, 3.63) is 23.8 Å². The van der Waals surface area contributed by atoms with Crippen LogP contribution in [0.1, 0.15) is 31.2 Å². The van der Waals surface area contributed by atoms with Crippen LogP contribution in [0.2, 0.25) is 0 Å². The Balaban J connectivity index is 1.63. The van der Waals surface area contributed by atoms with Crippen LogP contribution in [0.15, 0.2) is 18.2 Å². The van der Waals surface area contributed by atoms with Crippen LogP contribution < -0.4 is 15.8 Å². The van der Waals surface area contributed by atoms with Gasteiger partial charge in [-0.2, -0.15) is 0 Å². The van der Waals surface area contributed by atoms with E-state index >= 15 is 0 Å². The van der Waals surface area contributed by atoms with Crippen molar-refractivity contribution in [1.29, 1.82) is 0 Å². The van der Waals surface area contributed by atoms with Crippen LogP contribution in [0.4, 0.5) is 5.69 Å². The molecule has 0 saturated heterocycles. The van der Waals surface area contributed by atoms with Crippen molar-refractivity contribution in [2.75, 3.05) is 11.9 Å². The molecule has 1 heterocycles. The molecule has 1 aromatic carbocycles. The van der Waals surface area contributed by atoms with Crippen molar-refractivity contribution in [3.63, 3.8) is 0 Å². The standard InChI is InChI=1S/C14H18N2O2/c15-14(5-1-6-14)9-13(17)16-11-2-3-12-10(8-11)4-7-18-12/h2-3,8H,1,4-7,9,15H2,(H,16,17). The average molecular weight is 246 g/mol. The fourth-order valence-corrected chi connectivity index (χ4v) is 2.60. The van der Waals surface area contributed by atoms with E-state index in [4.69, 9.17) is 10.5 Å². The second kappa shape index (κ2) is 4.28. The number of amides is 1. The molecule has 18 heavy (non-hydrogen) atoms. The third kappa shape index (κ3) is 2.20. The third-order valence-corrected chi connectivity index (χ3v) is 3.84. The minimum Gasteiger partial charge on any atom is -0.493 e. The summed E-state index contributed by atoms with van der Waals surface area (Å²) in [7, 11) is 0. The van der Waals surface area contributed by atoms with Crippen molar-refractivity contribution < 1.29 is 9.53 Å². The van der Waals surface area contributed by atoms with Crippen molar-refractivity contribution in [3.8, 4) is 5.75 Å². The minimum atomic E-state index is -0.260. The third-order valence-electron chi connectivity index (χ3n) is 3.84. The van der Waals surface area contributed by atoms with Gasteiger partial charge in [0, 0.05) is 24.1 Å². The second-order valence-corrected chi connectivity index (χ2v) is 5.36. The van der Waals surface area contributed by atoms with Gasteiger partial charge in [-0.05, 0) is 43.0 Å². The topological polar surface area (TPSA) is 64.4 Å². The molecule has 3 N–H and O–H groups in total. The van der Waals surface area contributed by atoms with Crippen molar-refractivity contribution in [2.24, 2.45) is 5.73 Å². The maximum atomic E-state index is 11.9. The van der Waals surface area contributed by atoms with E-state index in [1.165, 1.54) is 5.56 Å². The summed E-state index contributed by atoms with van der Waals surface area (Å²) in [6, 6.07) is 5.79. The summed E-state index contributed by atoms with van der Waals surface area (Å²) in [6.45, 7) is 0.735. The second-order valence-electron chi connectivity index (χ2n) is 5.36. The molecule has 1 amide bonds. The number of ether oxygens (including phenoxy) is 1. The first-order valence-corrected chi connectivity index (χ1v) is 6.49. The molecule has 0 spiro atoms. The van der Waals surface area contributed by atoms with Crippen molar-refractivity contribution in [1.82, 2.24) is 0 Å².